The van der Waals surface area contributed by atoms with Gasteiger partial charge in [-0.2, -0.15) is 0 Å². The number of hydrogen-bond acceptors (Lipinski definition) is 3. The average molecular weight is 243 g/mol. The van der Waals surface area contributed by atoms with E-state index < -0.39 is 0 Å². The molecule has 0 aromatic heterocycles. The molecule has 0 spiro atoms. The first-order chi connectivity index (χ1) is 7.92. The van der Waals surface area contributed by atoms with Crippen LogP contribution in [0.2, 0.25) is 0 Å². The summed E-state index contributed by atoms with van der Waals surface area (Å²) in [5.41, 5.74) is 5.67. The van der Waals surface area contributed by atoms with Crippen LogP contribution in [-0.2, 0) is 4.79 Å². The maximum absolute atomic E-state index is 11.3. The molecule has 4 nitrogen and oxygen atoms in total. The largest absolute Gasteiger partial charge is 0.359 e. The van der Waals surface area contributed by atoms with Gasteiger partial charge in [0.1, 0.15) is 0 Å². The summed E-state index contributed by atoms with van der Waals surface area (Å²) in [5, 5.41) is 6.04. The molecule has 4 heteroatoms. The van der Waals surface area contributed by atoms with Crippen molar-refractivity contribution in [2.75, 3.05) is 20.1 Å². The van der Waals surface area contributed by atoms with E-state index in [0.717, 1.165) is 6.54 Å². The third-order valence-corrected chi connectivity index (χ3v) is 3.35. The van der Waals surface area contributed by atoms with E-state index in [0.29, 0.717) is 30.7 Å². The third-order valence-electron chi connectivity index (χ3n) is 3.35. The normalized spacial score (nSPS) is 13.5. The summed E-state index contributed by atoms with van der Waals surface area (Å²) >= 11 is 0. The van der Waals surface area contributed by atoms with Crippen LogP contribution in [0.4, 0.5) is 0 Å². The first kappa shape index (κ1) is 16.4. The van der Waals surface area contributed by atoms with Gasteiger partial charge in [0.25, 0.3) is 0 Å². The molecule has 0 rings (SSSR count). The molecule has 0 heterocycles. The van der Waals surface area contributed by atoms with E-state index in [1.54, 1.807) is 7.05 Å². The maximum Gasteiger partial charge on any atom is 0.221 e. The highest BCUT2D eigenvalue weighted by Crippen LogP contribution is 2.19. The summed E-state index contributed by atoms with van der Waals surface area (Å²) in [6.07, 6.45) is 0.454. The average Bonchev–Trinajstić information content (AvgIpc) is 2.26. The van der Waals surface area contributed by atoms with E-state index in [2.05, 4.69) is 38.3 Å². The smallest absolute Gasteiger partial charge is 0.221 e. The van der Waals surface area contributed by atoms with Crippen LogP contribution >= 0.6 is 0 Å². The van der Waals surface area contributed by atoms with Gasteiger partial charge >= 0.3 is 0 Å². The fourth-order valence-corrected chi connectivity index (χ4v) is 2.11. The molecule has 0 aromatic carbocycles. The maximum atomic E-state index is 11.3. The standard InChI is InChI=1S/C13H29N3O/c1-9(2)12(10(3)4)8-16-11(7-14)6-13(17)15-5/h9-12,16H,6-8,14H2,1-5H3,(H,15,17). The van der Waals surface area contributed by atoms with Gasteiger partial charge in [0.15, 0.2) is 0 Å². The lowest BCUT2D eigenvalue weighted by Gasteiger charge is -2.27. The van der Waals surface area contributed by atoms with Crippen LogP contribution in [0, 0.1) is 17.8 Å². The van der Waals surface area contributed by atoms with E-state index in [9.17, 15) is 4.79 Å². The van der Waals surface area contributed by atoms with Crippen LogP contribution < -0.4 is 16.4 Å². The molecular formula is C13H29N3O. The predicted molar refractivity (Wildman–Crippen MR) is 72.7 cm³/mol. The van der Waals surface area contributed by atoms with Crippen LogP contribution in [0.5, 0.6) is 0 Å². The molecule has 0 saturated heterocycles. The van der Waals surface area contributed by atoms with Crippen molar-refractivity contribution in [1.82, 2.24) is 10.6 Å². The number of amides is 1. The van der Waals surface area contributed by atoms with Gasteiger partial charge in [-0.05, 0) is 24.3 Å². The van der Waals surface area contributed by atoms with E-state index in [4.69, 9.17) is 5.73 Å². The second-order valence-corrected chi connectivity index (χ2v) is 5.37. The van der Waals surface area contributed by atoms with Crippen molar-refractivity contribution >= 4 is 5.91 Å². The van der Waals surface area contributed by atoms with Crippen LogP contribution in [0.15, 0.2) is 0 Å². The zero-order chi connectivity index (χ0) is 13.4. The summed E-state index contributed by atoms with van der Waals surface area (Å²) in [6, 6.07) is 0.0787. The lowest BCUT2D eigenvalue weighted by molar-refractivity contribution is -0.121. The molecule has 0 bridgehead atoms. The van der Waals surface area contributed by atoms with E-state index in [1.807, 2.05) is 0 Å². The predicted octanol–water partition coefficient (Wildman–Crippen LogP) is 0.968. The Labute approximate surface area is 106 Å². The first-order valence-electron chi connectivity index (χ1n) is 6.56. The van der Waals surface area contributed by atoms with Crippen molar-refractivity contribution in [3.63, 3.8) is 0 Å². The minimum absolute atomic E-state index is 0.0404. The topological polar surface area (TPSA) is 67.2 Å². The van der Waals surface area contributed by atoms with Gasteiger partial charge in [0.2, 0.25) is 5.91 Å². The van der Waals surface area contributed by atoms with Gasteiger partial charge < -0.3 is 16.4 Å². The zero-order valence-corrected chi connectivity index (χ0v) is 11.9. The molecule has 17 heavy (non-hydrogen) atoms. The highest BCUT2D eigenvalue weighted by molar-refractivity contribution is 5.76. The summed E-state index contributed by atoms with van der Waals surface area (Å²) < 4.78 is 0. The van der Waals surface area contributed by atoms with Gasteiger partial charge in [-0.1, -0.05) is 27.7 Å². The Morgan fingerprint density at radius 1 is 1.18 bits per heavy atom. The first-order valence-corrected chi connectivity index (χ1v) is 6.56. The van der Waals surface area contributed by atoms with Crippen LogP contribution in [0.25, 0.3) is 0 Å². The Bertz CT molecular complexity index is 209. The highest BCUT2D eigenvalue weighted by atomic mass is 16.1. The minimum atomic E-state index is 0.0404. The zero-order valence-electron chi connectivity index (χ0n) is 11.9. The fraction of sp³-hybridized carbons (Fsp3) is 0.923. The molecule has 102 valence electrons. The summed E-state index contributed by atoms with van der Waals surface area (Å²) in [5.74, 6) is 1.94. The Morgan fingerprint density at radius 3 is 2.06 bits per heavy atom. The van der Waals surface area contributed by atoms with Crippen molar-refractivity contribution in [1.29, 1.82) is 0 Å². The van der Waals surface area contributed by atoms with Crippen LogP contribution in [0.1, 0.15) is 34.1 Å². The van der Waals surface area contributed by atoms with E-state index >= 15 is 0 Å². The lowest BCUT2D eigenvalue weighted by Crippen LogP contribution is -2.43. The number of hydrogen-bond donors (Lipinski definition) is 3. The lowest BCUT2D eigenvalue weighted by atomic mass is 9.85. The molecule has 0 aliphatic heterocycles. The summed E-state index contributed by atoms with van der Waals surface area (Å²) in [7, 11) is 1.65. The number of carbonyl (C=O) groups is 1. The molecule has 0 saturated carbocycles. The van der Waals surface area contributed by atoms with Crippen molar-refractivity contribution in [2.45, 2.75) is 40.2 Å². The molecule has 1 atom stereocenters. The Morgan fingerprint density at radius 2 is 1.71 bits per heavy atom. The molecule has 0 fully saturated rings. The van der Waals surface area contributed by atoms with Crippen LogP contribution in [0.3, 0.4) is 0 Å². The van der Waals surface area contributed by atoms with E-state index in [-0.39, 0.29) is 11.9 Å². The van der Waals surface area contributed by atoms with Crippen molar-refractivity contribution < 1.29 is 4.79 Å². The monoisotopic (exact) mass is 243 g/mol. The second kappa shape index (κ2) is 8.48. The van der Waals surface area contributed by atoms with Crippen molar-refractivity contribution in [3.8, 4) is 0 Å². The van der Waals surface area contributed by atoms with Gasteiger partial charge in [0, 0.05) is 26.1 Å². The molecule has 0 radical (unpaired) electrons. The molecule has 1 amide bonds. The highest BCUT2D eigenvalue weighted by Gasteiger charge is 2.19. The summed E-state index contributed by atoms with van der Waals surface area (Å²) in [6.45, 7) is 10.4. The molecule has 0 aliphatic rings. The van der Waals surface area contributed by atoms with Crippen molar-refractivity contribution in [3.05, 3.63) is 0 Å². The minimum Gasteiger partial charge on any atom is -0.359 e. The number of rotatable bonds is 8. The number of carbonyl (C=O) groups excluding carboxylic acids is 1. The van der Waals surface area contributed by atoms with Gasteiger partial charge in [-0.25, -0.2) is 0 Å². The van der Waals surface area contributed by atoms with Crippen LogP contribution in [-0.4, -0.2) is 32.1 Å². The SMILES string of the molecule is CNC(=O)CC(CN)NCC(C(C)C)C(C)C. The second-order valence-electron chi connectivity index (χ2n) is 5.37. The number of nitrogens with two attached hydrogens (primary N) is 1. The molecule has 4 N–H and O–H groups in total. The van der Waals surface area contributed by atoms with E-state index in [1.165, 1.54) is 0 Å². The Kier molecular flexibility index (Phi) is 8.17. The third kappa shape index (κ3) is 6.64. The van der Waals surface area contributed by atoms with Gasteiger partial charge in [-0.15, -0.1) is 0 Å². The Balaban J connectivity index is 4.15. The van der Waals surface area contributed by atoms with Gasteiger partial charge in [0.05, 0.1) is 0 Å². The van der Waals surface area contributed by atoms with Crippen molar-refractivity contribution in [2.24, 2.45) is 23.5 Å². The molecule has 0 aromatic rings. The quantitative estimate of drug-likeness (QED) is 0.595. The summed E-state index contributed by atoms with van der Waals surface area (Å²) in [4.78, 5) is 11.3. The Hall–Kier alpha value is -0.610. The number of nitrogens with one attached hydrogen (secondary N) is 2. The van der Waals surface area contributed by atoms with Gasteiger partial charge in [-0.3, -0.25) is 4.79 Å². The molecule has 1 unspecified atom stereocenters. The molecule has 0 aliphatic carbocycles. The molecular weight excluding hydrogens is 214 g/mol. The fourth-order valence-electron chi connectivity index (χ4n) is 2.11.